The minimum Gasteiger partial charge on any atom is -0.366 e. The second-order valence-corrected chi connectivity index (χ2v) is 12.3. The summed E-state index contributed by atoms with van der Waals surface area (Å²) in [7, 11) is -2.74. The Kier molecular flexibility index (Phi) is 7.74. The number of hydrogen-bond acceptors (Lipinski definition) is 7. The van der Waals surface area contributed by atoms with Crippen molar-refractivity contribution >= 4 is 7.60 Å². The molecule has 0 amide bonds. The normalized spacial score (nSPS) is 30.0. The smallest absolute Gasteiger partial charge is 0.359 e. The molecule has 0 bridgehead atoms. The predicted molar refractivity (Wildman–Crippen MR) is 127 cm³/mol. The van der Waals surface area contributed by atoms with Gasteiger partial charge in [-0.15, -0.1) is 0 Å². The van der Waals surface area contributed by atoms with E-state index in [0.29, 0.717) is 32.1 Å². The number of rotatable bonds is 10. The fourth-order valence-electron chi connectivity index (χ4n) is 5.22. The second-order valence-electron chi connectivity index (χ2n) is 10.1. The van der Waals surface area contributed by atoms with Gasteiger partial charge in [0.2, 0.25) is 0 Å². The van der Waals surface area contributed by atoms with Gasteiger partial charge in [0.15, 0.2) is 11.1 Å². The van der Waals surface area contributed by atoms with Crippen LogP contribution in [0.25, 0.3) is 0 Å². The van der Waals surface area contributed by atoms with Crippen LogP contribution in [0.1, 0.15) is 79.7 Å². The Morgan fingerprint density at radius 1 is 1.21 bits per heavy atom. The van der Waals surface area contributed by atoms with Gasteiger partial charge in [0.25, 0.3) is 5.56 Å². The van der Waals surface area contributed by atoms with Crippen LogP contribution in [0.3, 0.4) is 0 Å². The van der Waals surface area contributed by atoms with Crippen LogP contribution in [0.5, 0.6) is 0 Å². The summed E-state index contributed by atoms with van der Waals surface area (Å²) in [6.07, 6.45) is 3.07. The van der Waals surface area contributed by atoms with Crippen LogP contribution in [-0.4, -0.2) is 50.5 Å². The summed E-state index contributed by atoms with van der Waals surface area (Å²) in [5, 5.41) is -1.32. The fraction of sp³-hybridized carbons (Fsp3) is 0.826. The molecular weight excluding hydrogens is 463 g/mol. The molecule has 0 radical (unpaired) electrons. The average molecular weight is 503 g/mol. The number of nitrogens with one attached hydrogen (secondary N) is 1. The van der Waals surface area contributed by atoms with Crippen molar-refractivity contribution in [3.63, 3.8) is 0 Å². The van der Waals surface area contributed by atoms with Crippen LogP contribution >= 0.6 is 7.60 Å². The number of aromatic nitrogens is 2. The molecule has 2 heterocycles. The zero-order valence-electron chi connectivity index (χ0n) is 21.2. The molecular formula is C23H39N2O8P. The van der Waals surface area contributed by atoms with Crippen molar-refractivity contribution in [2.75, 3.05) is 7.11 Å². The van der Waals surface area contributed by atoms with Gasteiger partial charge < -0.3 is 23.6 Å². The predicted octanol–water partition coefficient (Wildman–Crippen LogP) is 3.54. The third kappa shape index (κ3) is 4.99. The van der Waals surface area contributed by atoms with Gasteiger partial charge in [-0.25, -0.2) is 4.79 Å². The van der Waals surface area contributed by atoms with Crippen LogP contribution < -0.4 is 11.2 Å². The Bertz CT molecular complexity index is 1030. The molecule has 2 aliphatic rings. The molecule has 1 aromatic heterocycles. The highest BCUT2D eigenvalue weighted by molar-refractivity contribution is 7.54. The Hall–Kier alpha value is -1.29. The molecule has 1 aromatic rings. The molecule has 11 heteroatoms. The molecule has 6 unspecified atom stereocenters. The number of hydrogen-bond donors (Lipinski definition) is 2. The van der Waals surface area contributed by atoms with Crippen molar-refractivity contribution in [1.29, 1.82) is 0 Å². The molecule has 2 N–H and O–H groups in total. The van der Waals surface area contributed by atoms with Gasteiger partial charge >= 0.3 is 13.3 Å². The zero-order chi connectivity index (χ0) is 25.5. The summed E-state index contributed by atoms with van der Waals surface area (Å²) >= 11 is 0. The van der Waals surface area contributed by atoms with Crippen molar-refractivity contribution in [2.45, 2.75) is 109 Å². The van der Waals surface area contributed by atoms with Gasteiger partial charge in [0, 0.05) is 19.4 Å². The molecule has 1 aliphatic heterocycles. The standard InChI is InChI=1S/C23H39N2O8P/c1-8-22(6,30-7)34(28,29)33-23(9-2,10-3)14-15-13-16(19-18(15)31-21(4,5)32-19)25-12-11-17(26)24-20(25)27/h11-12,15-16,18-19H,8-10,13-14H2,1-7H3,(H,28,29)(H,24,26,27). The second kappa shape index (κ2) is 9.64. The summed E-state index contributed by atoms with van der Waals surface area (Å²) < 4.78 is 38.8. The van der Waals surface area contributed by atoms with Gasteiger partial charge in [-0.3, -0.25) is 18.9 Å². The maximum absolute atomic E-state index is 13.4. The van der Waals surface area contributed by atoms with E-state index in [1.54, 1.807) is 13.8 Å². The minimum atomic E-state index is -4.16. The molecule has 10 nitrogen and oxygen atoms in total. The Labute approximate surface area is 200 Å². The third-order valence-electron chi connectivity index (χ3n) is 7.69. The first-order valence-corrected chi connectivity index (χ1v) is 13.6. The van der Waals surface area contributed by atoms with E-state index in [2.05, 4.69) is 4.98 Å². The van der Waals surface area contributed by atoms with Crippen molar-refractivity contribution in [1.82, 2.24) is 9.55 Å². The number of H-pyrrole nitrogens is 1. The number of ether oxygens (including phenoxy) is 3. The lowest BCUT2D eigenvalue weighted by Gasteiger charge is -2.41. The summed E-state index contributed by atoms with van der Waals surface area (Å²) in [4.78, 5) is 37.4. The first-order valence-electron chi connectivity index (χ1n) is 12.0. The van der Waals surface area contributed by atoms with E-state index in [1.165, 1.54) is 23.9 Å². The van der Waals surface area contributed by atoms with Crippen LogP contribution in [0.4, 0.5) is 0 Å². The number of nitrogens with zero attached hydrogens (tertiary/aromatic N) is 1. The van der Waals surface area contributed by atoms with E-state index in [0.717, 1.165) is 0 Å². The third-order valence-corrected chi connectivity index (χ3v) is 10.0. The summed E-state index contributed by atoms with van der Waals surface area (Å²) in [5.41, 5.74) is -1.86. The lowest BCUT2D eigenvalue weighted by atomic mass is 9.84. The SMILES string of the molecule is CCC(CC)(CC1CC(n2ccc(=O)[nH]c2=O)C2OC(C)(C)OC12)OP(=O)(O)C(C)(CC)OC. The largest absolute Gasteiger partial charge is 0.366 e. The van der Waals surface area contributed by atoms with Crippen LogP contribution in [0.15, 0.2) is 21.9 Å². The molecule has 2 fully saturated rings. The van der Waals surface area contributed by atoms with E-state index in [4.69, 9.17) is 18.7 Å². The molecule has 0 aromatic carbocycles. The van der Waals surface area contributed by atoms with Crippen LogP contribution in [-0.2, 0) is 23.3 Å². The Balaban J connectivity index is 1.94. The van der Waals surface area contributed by atoms with Crippen molar-refractivity contribution in [3.8, 4) is 0 Å². The highest BCUT2D eigenvalue weighted by Crippen LogP contribution is 2.62. The van der Waals surface area contributed by atoms with Crippen LogP contribution in [0, 0.1) is 5.92 Å². The number of methoxy groups -OCH3 is 1. The van der Waals surface area contributed by atoms with E-state index in [9.17, 15) is 19.0 Å². The molecule has 34 heavy (non-hydrogen) atoms. The Morgan fingerprint density at radius 3 is 2.35 bits per heavy atom. The average Bonchev–Trinajstić information content (AvgIpc) is 3.25. The Morgan fingerprint density at radius 2 is 1.82 bits per heavy atom. The molecule has 1 saturated carbocycles. The van der Waals surface area contributed by atoms with Crippen molar-refractivity contribution in [3.05, 3.63) is 33.1 Å². The van der Waals surface area contributed by atoms with Gasteiger partial charge in [-0.05, 0) is 58.8 Å². The lowest BCUT2D eigenvalue weighted by Crippen LogP contribution is -2.39. The van der Waals surface area contributed by atoms with Gasteiger partial charge in [0.05, 0.1) is 17.7 Å². The van der Waals surface area contributed by atoms with E-state index >= 15 is 0 Å². The van der Waals surface area contributed by atoms with Gasteiger partial charge in [0.1, 0.15) is 6.10 Å². The summed E-state index contributed by atoms with van der Waals surface area (Å²) in [6.45, 7) is 10.9. The highest BCUT2D eigenvalue weighted by atomic mass is 31.2. The molecule has 3 rings (SSSR count). The molecule has 1 saturated heterocycles. The minimum absolute atomic E-state index is 0.106. The molecule has 6 atom stereocenters. The monoisotopic (exact) mass is 502 g/mol. The molecule has 194 valence electrons. The maximum atomic E-state index is 13.4. The first-order chi connectivity index (χ1) is 15.8. The van der Waals surface area contributed by atoms with Crippen molar-refractivity contribution in [2.24, 2.45) is 5.92 Å². The lowest BCUT2D eigenvalue weighted by molar-refractivity contribution is -0.163. The fourth-order valence-corrected chi connectivity index (χ4v) is 6.90. The van der Waals surface area contributed by atoms with E-state index in [1.807, 2.05) is 27.7 Å². The number of fused-ring (bicyclic) bond motifs is 1. The first kappa shape index (κ1) is 27.3. The van der Waals surface area contributed by atoms with E-state index in [-0.39, 0.29) is 18.1 Å². The number of aromatic amines is 1. The maximum Gasteiger partial charge on any atom is 0.359 e. The van der Waals surface area contributed by atoms with Crippen molar-refractivity contribution < 1.29 is 28.2 Å². The summed E-state index contributed by atoms with van der Waals surface area (Å²) in [6, 6.07) is 0.961. The highest BCUT2D eigenvalue weighted by Gasteiger charge is 2.57. The van der Waals surface area contributed by atoms with E-state index < -0.39 is 41.7 Å². The molecule has 1 aliphatic carbocycles. The molecule has 0 spiro atoms. The summed E-state index contributed by atoms with van der Waals surface area (Å²) in [5.74, 6) is -0.950. The quantitative estimate of drug-likeness (QED) is 0.465. The zero-order valence-corrected chi connectivity index (χ0v) is 22.1. The topological polar surface area (TPSA) is 129 Å². The van der Waals surface area contributed by atoms with Gasteiger partial charge in [-0.2, -0.15) is 0 Å². The van der Waals surface area contributed by atoms with Crippen LogP contribution in [0.2, 0.25) is 0 Å². The van der Waals surface area contributed by atoms with Gasteiger partial charge in [-0.1, -0.05) is 20.8 Å².